The fraction of sp³-hybridized carbons (Fsp3) is 0. The zero-order valence-corrected chi connectivity index (χ0v) is 15.8. The minimum Gasteiger partial charge on any atom is -0.451 e. The van der Waals surface area contributed by atoms with Gasteiger partial charge < -0.3 is 4.42 Å². The first-order chi connectivity index (χ1) is 14.0. The van der Waals surface area contributed by atoms with Crippen LogP contribution in [0.5, 0.6) is 0 Å². The van der Waals surface area contributed by atoms with Crippen LogP contribution in [0.15, 0.2) is 88.2 Å². The van der Waals surface area contributed by atoms with Crippen molar-refractivity contribution >= 4 is 26.9 Å². The molecule has 0 atom stereocenters. The van der Waals surface area contributed by atoms with Gasteiger partial charge in [-0.25, -0.2) is 13.1 Å². The molecular formula is C22H14N2O4S. The first-order valence-electron chi connectivity index (χ1n) is 8.63. The quantitative estimate of drug-likeness (QED) is 0.554. The molecule has 3 aromatic carbocycles. The van der Waals surface area contributed by atoms with E-state index in [0.717, 1.165) is 0 Å². The molecule has 0 unspecified atom stereocenters. The van der Waals surface area contributed by atoms with Crippen molar-refractivity contribution in [1.82, 2.24) is 4.72 Å². The largest absolute Gasteiger partial charge is 0.451 e. The topological polar surface area (TPSA) is 100 Å². The predicted molar refractivity (Wildman–Crippen MR) is 107 cm³/mol. The van der Waals surface area contributed by atoms with Gasteiger partial charge in [0.2, 0.25) is 0 Å². The van der Waals surface area contributed by atoms with Crippen molar-refractivity contribution in [3.63, 3.8) is 0 Å². The smallest absolute Gasteiger partial charge is 0.300 e. The van der Waals surface area contributed by atoms with Gasteiger partial charge in [-0.15, -0.1) is 0 Å². The molecule has 142 valence electrons. The Morgan fingerprint density at radius 3 is 2.41 bits per heavy atom. The number of hydrogen-bond donors (Lipinski definition) is 1. The highest BCUT2D eigenvalue weighted by Gasteiger charge is 2.24. The van der Waals surface area contributed by atoms with Gasteiger partial charge in [0.15, 0.2) is 5.76 Å². The summed E-state index contributed by atoms with van der Waals surface area (Å²) in [4.78, 5) is 12.5. The minimum absolute atomic E-state index is 0.0116. The lowest BCUT2D eigenvalue weighted by molar-refractivity contribution is 0.0956. The molecule has 4 aromatic rings. The van der Waals surface area contributed by atoms with E-state index < -0.39 is 15.9 Å². The average molecular weight is 402 g/mol. The SMILES string of the molecule is N#Cc1ccc2cc(C(=O)NS(=O)(=O)c3ccccc3-c3ccccc3)oc2c1. The van der Waals surface area contributed by atoms with E-state index >= 15 is 0 Å². The average Bonchev–Trinajstić information content (AvgIpc) is 3.17. The highest BCUT2D eigenvalue weighted by atomic mass is 32.2. The number of sulfonamides is 1. The summed E-state index contributed by atoms with van der Waals surface area (Å²) in [5.41, 5.74) is 1.91. The zero-order chi connectivity index (χ0) is 20.4. The highest BCUT2D eigenvalue weighted by Crippen LogP contribution is 2.27. The zero-order valence-electron chi connectivity index (χ0n) is 15.0. The molecule has 1 heterocycles. The normalized spacial score (nSPS) is 11.1. The van der Waals surface area contributed by atoms with Crippen molar-refractivity contribution < 1.29 is 17.6 Å². The minimum atomic E-state index is -4.15. The second-order valence-corrected chi connectivity index (χ2v) is 7.92. The summed E-state index contributed by atoms with van der Waals surface area (Å²) in [5.74, 6) is -1.04. The Morgan fingerprint density at radius 2 is 1.66 bits per heavy atom. The van der Waals surface area contributed by atoms with Crippen LogP contribution in [0.4, 0.5) is 0 Å². The highest BCUT2D eigenvalue weighted by molar-refractivity contribution is 7.90. The van der Waals surface area contributed by atoms with Gasteiger partial charge in [0.1, 0.15) is 5.58 Å². The maximum atomic E-state index is 12.9. The molecule has 0 aliphatic carbocycles. The number of amides is 1. The van der Waals surface area contributed by atoms with Crippen molar-refractivity contribution in [3.8, 4) is 17.2 Å². The summed E-state index contributed by atoms with van der Waals surface area (Å²) in [6.45, 7) is 0. The van der Waals surface area contributed by atoms with Gasteiger partial charge in [-0.1, -0.05) is 48.5 Å². The van der Waals surface area contributed by atoms with Crippen LogP contribution in [0.3, 0.4) is 0 Å². The van der Waals surface area contributed by atoms with Gasteiger partial charge >= 0.3 is 5.91 Å². The van der Waals surface area contributed by atoms with Gasteiger partial charge in [0.05, 0.1) is 16.5 Å². The van der Waals surface area contributed by atoms with E-state index in [4.69, 9.17) is 9.68 Å². The first kappa shape index (κ1) is 18.5. The third-order valence-electron chi connectivity index (χ3n) is 4.36. The number of carbonyl (C=O) groups is 1. The molecule has 0 spiro atoms. The van der Waals surface area contributed by atoms with Crippen LogP contribution in [0.1, 0.15) is 16.1 Å². The predicted octanol–water partition coefficient (Wildman–Crippen LogP) is 4.09. The van der Waals surface area contributed by atoms with Crippen LogP contribution in [0.2, 0.25) is 0 Å². The number of hydrogen-bond acceptors (Lipinski definition) is 5. The van der Waals surface area contributed by atoms with Crippen LogP contribution < -0.4 is 4.72 Å². The molecular weight excluding hydrogens is 388 g/mol. The van der Waals surface area contributed by atoms with Crippen molar-refractivity contribution in [2.75, 3.05) is 0 Å². The number of fused-ring (bicyclic) bond motifs is 1. The Labute approximate surface area is 167 Å². The number of nitrogens with zero attached hydrogens (tertiary/aromatic N) is 1. The monoisotopic (exact) mass is 402 g/mol. The Balaban J connectivity index is 1.68. The molecule has 1 amide bonds. The van der Waals surface area contributed by atoms with Gasteiger partial charge in [0.25, 0.3) is 10.0 Å². The number of furan rings is 1. The third-order valence-corrected chi connectivity index (χ3v) is 5.75. The molecule has 0 radical (unpaired) electrons. The van der Waals surface area contributed by atoms with Gasteiger partial charge in [-0.2, -0.15) is 5.26 Å². The summed E-state index contributed by atoms with van der Waals surface area (Å²) >= 11 is 0. The van der Waals surface area contributed by atoms with E-state index in [0.29, 0.717) is 27.7 Å². The van der Waals surface area contributed by atoms with Crippen molar-refractivity contribution in [1.29, 1.82) is 5.26 Å². The lowest BCUT2D eigenvalue weighted by Gasteiger charge is -2.11. The molecule has 0 aliphatic rings. The summed E-state index contributed by atoms with van der Waals surface area (Å²) in [5, 5.41) is 9.56. The van der Waals surface area contributed by atoms with Crippen LogP contribution in [0, 0.1) is 11.3 Å². The van der Waals surface area contributed by atoms with Crippen molar-refractivity contribution in [2.45, 2.75) is 4.90 Å². The third kappa shape index (κ3) is 3.61. The standard InChI is InChI=1S/C22H14N2O4S/c23-14-15-10-11-17-13-20(28-19(17)12-15)22(25)24-29(26,27)21-9-5-4-8-18(21)16-6-2-1-3-7-16/h1-13H,(H,24,25). The Bertz CT molecular complexity index is 1370. The molecule has 0 aliphatic heterocycles. The Kier molecular flexibility index (Phi) is 4.63. The maximum absolute atomic E-state index is 12.9. The fourth-order valence-electron chi connectivity index (χ4n) is 3.00. The molecule has 4 rings (SSSR count). The second-order valence-electron chi connectivity index (χ2n) is 6.27. The van der Waals surface area contributed by atoms with E-state index in [1.54, 1.807) is 54.6 Å². The molecule has 0 saturated carbocycles. The molecule has 0 saturated heterocycles. The van der Waals surface area contributed by atoms with Crippen LogP contribution in [-0.2, 0) is 10.0 Å². The summed E-state index contributed by atoms with van der Waals surface area (Å²) in [7, 11) is -4.15. The number of rotatable bonds is 4. The van der Waals surface area contributed by atoms with Crippen LogP contribution in [0.25, 0.3) is 22.1 Å². The van der Waals surface area contributed by atoms with E-state index in [9.17, 15) is 13.2 Å². The molecule has 1 aromatic heterocycles. The van der Waals surface area contributed by atoms with Gasteiger partial charge in [-0.3, -0.25) is 4.79 Å². The molecule has 0 fully saturated rings. The van der Waals surface area contributed by atoms with Gasteiger partial charge in [-0.05, 0) is 35.9 Å². The van der Waals surface area contributed by atoms with Crippen LogP contribution >= 0.6 is 0 Å². The first-order valence-corrected chi connectivity index (χ1v) is 10.1. The Morgan fingerprint density at radius 1 is 0.931 bits per heavy atom. The molecule has 1 N–H and O–H groups in total. The van der Waals surface area contributed by atoms with E-state index in [2.05, 4.69) is 4.72 Å². The molecule has 6 nitrogen and oxygen atoms in total. The van der Waals surface area contributed by atoms with Crippen molar-refractivity contribution in [3.05, 3.63) is 90.2 Å². The Hall–Kier alpha value is -3.89. The van der Waals surface area contributed by atoms with E-state index in [1.165, 1.54) is 18.2 Å². The number of carbonyl (C=O) groups excluding carboxylic acids is 1. The number of nitrogens with one attached hydrogen (secondary N) is 1. The lowest BCUT2D eigenvalue weighted by Crippen LogP contribution is -2.30. The molecule has 0 bridgehead atoms. The van der Waals surface area contributed by atoms with Crippen molar-refractivity contribution in [2.24, 2.45) is 0 Å². The lowest BCUT2D eigenvalue weighted by atomic mass is 10.1. The molecule has 7 heteroatoms. The van der Waals surface area contributed by atoms with E-state index in [-0.39, 0.29) is 10.7 Å². The number of benzene rings is 3. The number of nitriles is 1. The summed E-state index contributed by atoms with van der Waals surface area (Å²) < 4.78 is 33.3. The second kappa shape index (κ2) is 7.26. The fourth-order valence-corrected chi connectivity index (χ4v) is 4.18. The van der Waals surface area contributed by atoms with Gasteiger partial charge in [0, 0.05) is 10.9 Å². The molecule has 29 heavy (non-hydrogen) atoms. The summed E-state index contributed by atoms with van der Waals surface area (Å²) in [6, 6.07) is 23.6. The summed E-state index contributed by atoms with van der Waals surface area (Å²) in [6.07, 6.45) is 0. The van der Waals surface area contributed by atoms with Crippen LogP contribution in [-0.4, -0.2) is 14.3 Å². The van der Waals surface area contributed by atoms with E-state index in [1.807, 2.05) is 12.1 Å². The maximum Gasteiger partial charge on any atom is 0.300 e.